The molecular weight excluding hydrogens is 374 g/mol. The zero-order chi connectivity index (χ0) is 20.6. The Labute approximate surface area is 168 Å². The molecule has 0 radical (unpaired) electrons. The van der Waals surface area contributed by atoms with E-state index in [1.54, 1.807) is 4.31 Å². The van der Waals surface area contributed by atoms with E-state index >= 15 is 0 Å². The molecule has 1 aliphatic rings. The average Bonchev–Trinajstić information content (AvgIpc) is 2.59. The van der Waals surface area contributed by atoms with Crippen molar-refractivity contribution < 1.29 is 13.2 Å². The molecule has 28 heavy (non-hydrogen) atoms. The lowest BCUT2D eigenvalue weighted by Crippen LogP contribution is -2.44. The second-order valence-electron chi connectivity index (χ2n) is 7.77. The van der Waals surface area contributed by atoms with Crippen LogP contribution >= 0.6 is 0 Å². The minimum absolute atomic E-state index is 0.253. The molecule has 0 N–H and O–H groups in total. The van der Waals surface area contributed by atoms with Gasteiger partial charge in [-0.05, 0) is 82.7 Å². The van der Waals surface area contributed by atoms with Crippen LogP contribution in [0.5, 0.6) is 6.01 Å². The molecule has 2 aromatic rings. The largest absolute Gasteiger partial charge is 0.459 e. The summed E-state index contributed by atoms with van der Waals surface area (Å²) in [6.45, 7) is 12.3. The van der Waals surface area contributed by atoms with Gasteiger partial charge >= 0.3 is 6.01 Å². The predicted molar refractivity (Wildman–Crippen MR) is 109 cm³/mol. The second kappa shape index (κ2) is 7.79. The van der Waals surface area contributed by atoms with E-state index in [0.717, 1.165) is 46.5 Å². The number of ether oxygens (including phenoxy) is 1. The van der Waals surface area contributed by atoms with E-state index in [4.69, 9.17) is 4.74 Å². The maximum atomic E-state index is 13.5. The fourth-order valence-electron chi connectivity index (χ4n) is 3.81. The summed E-state index contributed by atoms with van der Waals surface area (Å²) in [7, 11) is -3.60. The van der Waals surface area contributed by atoms with Gasteiger partial charge in [0, 0.05) is 17.9 Å². The van der Waals surface area contributed by atoms with Crippen LogP contribution in [0, 0.1) is 41.5 Å². The van der Waals surface area contributed by atoms with Crippen molar-refractivity contribution in [1.82, 2.24) is 14.3 Å². The summed E-state index contributed by atoms with van der Waals surface area (Å²) >= 11 is 0. The van der Waals surface area contributed by atoms with E-state index in [2.05, 4.69) is 9.97 Å². The monoisotopic (exact) mass is 403 g/mol. The normalized spacial score (nSPS) is 18.3. The molecule has 1 unspecified atom stereocenters. The molecule has 0 amide bonds. The first-order valence-electron chi connectivity index (χ1n) is 9.66. The number of hydrogen-bond acceptors (Lipinski definition) is 5. The van der Waals surface area contributed by atoms with Crippen LogP contribution in [-0.4, -0.2) is 41.9 Å². The molecule has 0 aliphatic carbocycles. The van der Waals surface area contributed by atoms with Gasteiger partial charge in [0.25, 0.3) is 0 Å². The van der Waals surface area contributed by atoms with Gasteiger partial charge in [0.1, 0.15) is 6.10 Å². The first-order valence-corrected chi connectivity index (χ1v) is 11.1. The number of aryl methyl sites for hydroxylation is 4. The molecule has 0 saturated carbocycles. The number of hydrogen-bond donors (Lipinski definition) is 0. The maximum absolute atomic E-state index is 13.5. The van der Waals surface area contributed by atoms with Gasteiger partial charge in [0.2, 0.25) is 10.0 Å². The highest BCUT2D eigenvalue weighted by molar-refractivity contribution is 7.89. The van der Waals surface area contributed by atoms with Crippen LogP contribution in [-0.2, 0) is 10.0 Å². The van der Waals surface area contributed by atoms with Crippen molar-refractivity contribution in [2.45, 2.75) is 65.4 Å². The Morgan fingerprint density at radius 3 is 2.11 bits per heavy atom. The Kier molecular flexibility index (Phi) is 5.77. The highest BCUT2D eigenvalue weighted by atomic mass is 32.2. The van der Waals surface area contributed by atoms with Gasteiger partial charge in [0.15, 0.2) is 0 Å². The van der Waals surface area contributed by atoms with E-state index in [1.807, 2.05) is 53.7 Å². The van der Waals surface area contributed by atoms with Crippen molar-refractivity contribution in [3.8, 4) is 6.01 Å². The molecule has 6 nitrogen and oxygen atoms in total. The van der Waals surface area contributed by atoms with Crippen LogP contribution in [0.4, 0.5) is 0 Å². The minimum atomic E-state index is -3.60. The van der Waals surface area contributed by atoms with Crippen molar-refractivity contribution in [3.05, 3.63) is 45.8 Å². The molecule has 2 heterocycles. The summed E-state index contributed by atoms with van der Waals surface area (Å²) in [6, 6.07) is 4.25. The molecule has 3 rings (SSSR count). The molecule has 152 valence electrons. The van der Waals surface area contributed by atoms with Crippen molar-refractivity contribution in [1.29, 1.82) is 0 Å². The van der Waals surface area contributed by atoms with Crippen molar-refractivity contribution in [3.63, 3.8) is 0 Å². The highest BCUT2D eigenvalue weighted by Crippen LogP contribution is 2.30. The van der Waals surface area contributed by atoms with Crippen LogP contribution < -0.4 is 4.74 Å². The van der Waals surface area contributed by atoms with Gasteiger partial charge in [-0.15, -0.1) is 0 Å². The van der Waals surface area contributed by atoms with E-state index in [1.165, 1.54) is 0 Å². The van der Waals surface area contributed by atoms with Gasteiger partial charge < -0.3 is 4.74 Å². The molecule has 1 aromatic carbocycles. The predicted octanol–water partition coefficient (Wildman–Crippen LogP) is 3.56. The standard InChI is InChI=1S/C21H29N3O3S/c1-13-10-14(2)18(6)20(17(13)5)28(25,26)24-9-7-8-19(12-24)27-21-22-15(3)11-16(4)23-21/h10-11,19H,7-9,12H2,1-6H3. The van der Waals surface area contributed by atoms with E-state index < -0.39 is 10.0 Å². The smallest absolute Gasteiger partial charge is 0.317 e. The molecule has 1 aliphatic heterocycles. The van der Waals surface area contributed by atoms with Crippen LogP contribution in [0.15, 0.2) is 17.0 Å². The number of nitrogens with zero attached hydrogens (tertiary/aromatic N) is 3. The summed E-state index contributed by atoms with van der Waals surface area (Å²) in [5.74, 6) is 0. The Morgan fingerprint density at radius 2 is 1.54 bits per heavy atom. The van der Waals surface area contributed by atoms with Gasteiger partial charge in [-0.1, -0.05) is 6.07 Å². The number of aromatic nitrogens is 2. The third-order valence-corrected chi connectivity index (χ3v) is 7.61. The Hall–Kier alpha value is -1.99. The summed E-state index contributed by atoms with van der Waals surface area (Å²) in [4.78, 5) is 9.09. The number of sulfonamides is 1. The third kappa shape index (κ3) is 4.05. The molecule has 0 spiro atoms. The summed E-state index contributed by atoms with van der Waals surface area (Å²) in [5, 5.41) is 0. The van der Waals surface area contributed by atoms with Gasteiger partial charge in [-0.25, -0.2) is 18.4 Å². The highest BCUT2D eigenvalue weighted by Gasteiger charge is 2.34. The number of rotatable bonds is 4. The molecule has 1 atom stereocenters. The Balaban J connectivity index is 1.88. The topological polar surface area (TPSA) is 72.4 Å². The van der Waals surface area contributed by atoms with Crippen molar-refractivity contribution in [2.75, 3.05) is 13.1 Å². The molecule has 1 saturated heterocycles. The quantitative estimate of drug-likeness (QED) is 0.780. The number of piperidine rings is 1. The summed E-state index contributed by atoms with van der Waals surface area (Å²) < 4.78 is 34.5. The summed E-state index contributed by atoms with van der Waals surface area (Å²) in [5.41, 5.74) is 5.31. The van der Waals surface area contributed by atoms with Gasteiger partial charge in [-0.3, -0.25) is 0 Å². The van der Waals surface area contributed by atoms with Crippen molar-refractivity contribution in [2.24, 2.45) is 0 Å². The minimum Gasteiger partial charge on any atom is -0.459 e. The first kappa shape index (κ1) is 20.7. The molecule has 1 aromatic heterocycles. The second-order valence-corrected chi connectivity index (χ2v) is 9.64. The lowest BCUT2D eigenvalue weighted by molar-refractivity contribution is 0.118. The first-order chi connectivity index (χ1) is 13.1. The SMILES string of the molecule is Cc1cc(C)nc(OC2CCCN(S(=O)(=O)c3c(C)c(C)cc(C)c3C)C2)n1. The van der Waals surface area contributed by atoms with Crippen molar-refractivity contribution >= 4 is 10.0 Å². The zero-order valence-electron chi connectivity index (χ0n) is 17.5. The zero-order valence-corrected chi connectivity index (χ0v) is 18.4. The fourth-order valence-corrected chi connectivity index (χ4v) is 5.90. The van der Waals surface area contributed by atoms with E-state index in [9.17, 15) is 8.42 Å². The van der Waals surface area contributed by atoms with Crippen LogP contribution in [0.1, 0.15) is 46.5 Å². The Morgan fingerprint density at radius 1 is 0.964 bits per heavy atom. The molecular formula is C21H29N3O3S. The fraction of sp³-hybridized carbons (Fsp3) is 0.524. The summed E-state index contributed by atoms with van der Waals surface area (Å²) in [6.07, 6.45) is 1.28. The van der Waals surface area contributed by atoms with E-state index in [-0.39, 0.29) is 6.10 Å². The Bertz CT molecular complexity index is 956. The average molecular weight is 404 g/mol. The molecule has 0 bridgehead atoms. The van der Waals surface area contributed by atoms with Gasteiger partial charge in [0.05, 0.1) is 11.4 Å². The van der Waals surface area contributed by atoms with Crippen LogP contribution in [0.2, 0.25) is 0 Å². The van der Waals surface area contributed by atoms with E-state index in [0.29, 0.717) is 24.0 Å². The van der Waals surface area contributed by atoms with Crippen LogP contribution in [0.25, 0.3) is 0 Å². The lowest BCUT2D eigenvalue weighted by Gasteiger charge is -2.32. The van der Waals surface area contributed by atoms with Crippen LogP contribution in [0.3, 0.4) is 0 Å². The van der Waals surface area contributed by atoms with Gasteiger partial charge in [-0.2, -0.15) is 4.31 Å². The lowest BCUT2D eigenvalue weighted by atomic mass is 10.0. The molecule has 7 heteroatoms. The molecule has 1 fully saturated rings. The third-order valence-electron chi connectivity index (χ3n) is 5.47. The number of benzene rings is 1. The maximum Gasteiger partial charge on any atom is 0.317 e.